The summed E-state index contributed by atoms with van der Waals surface area (Å²) in [6, 6.07) is 7.08. The molecular weight excluding hydrogens is 242 g/mol. The van der Waals surface area contributed by atoms with Gasteiger partial charge in [-0.25, -0.2) is 0 Å². The lowest BCUT2D eigenvalue weighted by molar-refractivity contribution is -0.153. The molecule has 0 radical (unpaired) electrons. The van der Waals surface area contributed by atoms with Gasteiger partial charge in [-0.15, -0.1) is 0 Å². The Kier molecular flexibility index (Phi) is 4.12. The van der Waals surface area contributed by atoms with Crippen LogP contribution in [0.1, 0.15) is 19.4 Å². The third-order valence-corrected chi connectivity index (χ3v) is 2.87. The Hall–Kier alpha value is -1.55. The van der Waals surface area contributed by atoms with Gasteiger partial charge in [0.25, 0.3) is 0 Å². The Morgan fingerprint density at radius 1 is 1.35 bits per heavy atom. The van der Waals surface area contributed by atoms with E-state index >= 15 is 0 Å². The van der Waals surface area contributed by atoms with Crippen molar-refractivity contribution in [3.05, 3.63) is 34.9 Å². The fourth-order valence-corrected chi connectivity index (χ4v) is 1.34. The molecule has 0 aromatic heterocycles. The van der Waals surface area contributed by atoms with Gasteiger partial charge >= 0.3 is 5.97 Å². The van der Waals surface area contributed by atoms with Gasteiger partial charge in [-0.2, -0.15) is 0 Å². The van der Waals surface area contributed by atoms with Gasteiger partial charge in [-0.1, -0.05) is 29.8 Å². The number of nitrogens with one attached hydrogen (secondary N) is 1. The van der Waals surface area contributed by atoms with Gasteiger partial charge in [0.05, 0.1) is 0 Å². The number of hydrogen-bond acceptors (Lipinski definition) is 2. The molecule has 5 heteroatoms. The molecule has 0 aliphatic rings. The zero-order valence-electron chi connectivity index (χ0n) is 9.66. The predicted octanol–water partition coefficient (Wildman–Crippen LogP) is 2.07. The van der Waals surface area contributed by atoms with E-state index in [9.17, 15) is 9.59 Å². The molecule has 0 saturated carbocycles. The maximum Gasteiger partial charge on any atom is 0.318 e. The Bertz CT molecular complexity index is 443. The average Bonchev–Trinajstić information content (AvgIpc) is 2.27. The fraction of sp³-hybridized carbons (Fsp3) is 0.333. The lowest BCUT2D eigenvalue weighted by Gasteiger charge is -2.18. The summed E-state index contributed by atoms with van der Waals surface area (Å²) in [4.78, 5) is 22.5. The number of carboxylic acid groups (broad SMARTS) is 1. The van der Waals surface area contributed by atoms with Crippen LogP contribution in [-0.4, -0.2) is 17.0 Å². The van der Waals surface area contributed by atoms with Crippen LogP contribution in [-0.2, 0) is 16.1 Å². The number of aliphatic carboxylic acids is 1. The van der Waals surface area contributed by atoms with Crippen molar-refractivity contribution in [3.8, 4) is 0 Å². The maximum absolute atomic E-state index is 11.7. The number of benzene rings is 1. The number of carboxylic acids is 1. The van der Waals surface area contributed by atoms with Crippen molar-refractivity contribution in [3.63, 3.8) is 0 Å². The monoisotopic (exact) mass is 255 g/mol. The van der Waals surface area contributed by atoms with Crippen LogP contribution in [0, 0.1) is 5.41 Å². The van der Waals surface area contributed by atoms with E-state index in [2.05, 4.69) is 5.32 Å². The van der Waals surface area contributed by atoms with E-state index in [-0.39, 0.29) is 6.54 Å². The second-order valence-corrected chi connectivity index (χ2v) is 4.61. The van der Waals surface area contributed by atoms with Gasteiger partial charge in [0.1, 0.15) is 5.41 Å². The minimum absolute atomic E-state index is 0.217. The first-order valence-electron chi connectivity index (χ1n) is 5.11. The minimum Gasteiger partial charge on any atom is -0.480 e. The molecule has 0 spiro atoms. The van der Waals surface area contributed by atoms with Crippen molar-refractivity contribution in [2.45, 2.75) is 20.4 Å². The van der Waals surface area contributed by atoms with Crippen LogP contribution in [0.4, 0.5) is 0 Å². The molecule has 0 aliphatic carbocycles. The van der Waals surface area contributed by atoms with Gasteiger partial charge in [0.15, 0.2) is 0 Å². The van der Waals surface area contributed by atoms with Gasteiger partial charge < -0.3 is 10.4 Å². The summed E-state index contributed by atoms with van der Waals surface area (Å²) in [5.74, 6) is -1.70. The normalized spacial score (nSPS) is 11.0. The molecule has 0 saturated heterocycles. The highest BCUT2D eigenvalue weighted by Crippen LogP contribution is 2.17. The standard InChI is InChI=1S/C12H14ClNO3/c1-12(2,11(16)17)10(15)14-7-8-5-3-4-6-9(8)13/h3-6H,7H2,1-2H3,(H,14,15)(H,16,17). The summed E-state index contributed by atoms with van der Waals surface area (Å²) < 4.78 is 0. The molecule has 17 heavy (non-hydrogen) atoms. The molecule has 2 N–H and O–H groups in total. The number of halogens is 1. The molecule has 0 unspecified atom stereocenters. The quantitative estimate of drug-likeness (QED) is 0.810. The highest BCUT2D eigenvalue weighted by Gasteiger charge is 2.35. The van der Waals surface area contributed by atoms with Gasteiger partial charge in [-0.3, -0.25) is 9.59 Å². The van der Waals surface area contributed by atoms with Crippen LogP contribution in [0.25, 0.3) is 0 Å². The second kappa shape index (κ2) is 5.19. The highest BCUT2D eigenvalue weighted by atomic mass is 35.5. The number of hydrogen-bond donors (Lipinski definition) is 2. The van der Waals surface area contributed by atoms with Crippen LogP contribution in [0.5, 0.6) is 0 Å². The first kappa shape index (κ1) is 13.5. The van der Waals surface area contributed by atoms with Crippen LogP contribution in [0.3, 0.4) is 0 Å². The Morgan fingerprint density at radius 3 is 2.47 bits per heavy atom. The van der Waals surface area contributed by atoms with Crippen LogP contribution in [0.2, 0.25) is 5.02 Å². The molecule has 1 aromatic carbocycles. The van der Waals surface area contributed by atoms with Crippen molar-refractivity contribution in [1.82, 2.24) is 5.32 Å². The van der Waals surface area contributed by atoms with Crippen LogP contribution < -0.4 is 5.32 Å². The minimum atomic E-state index is -1.44. The van der Waals surface area contributed by atoms with Gasteiger partial charge in [0, 0.05) is 11.6 Å². The van der Waals surface area contributed by atoms with E-state index in [1.807, 2.05) is 0 Å². The fourth-order valence-electron chi connectivity index (χ4n) is 1.14. The number of rotatable bonds is 4. The third kappa shape index (κ3) is 3.20. The Morgan fingerprint density at radius 2 is 1.94 bits per heavy atom. The number of carbonyl (C=O) groups is 2. The first-order chi connectivity index (χ1) is 7.85. The zero-order chi connectivity index (χ0) is 13.1. The van der Waals surface area contributed by atoms with Crippen molar-refractivity contribution >= 4 is 23.5 Å². The molecule has 92 valence electrons. The summed E-state index contributed by atoms with van der Waals surface area (Å²) in [7, 11) is 0. The molecule has 0 bridgehead atoms. The zero-order valence-corrected chi connectivity index (χ0v) is 10.4. The predicted molar refractivity (Wildman–Crippen MR) is 64.7 cm³/mol. The van der Waals surface area contributed by atoms with E-state index < -0.39 is 17.3 Å². The Balaban J connectivity index is 2.67. The average molecular weight is 256 g/mol. The molecule has 0 fully saturated rings. The van der Waals surface area contributed by atoms with E-state index in [0.29, 0.717) is 5.02 Å². The summed E-state index contributed by atoms with van der Waals surface area (Å²) in [6.07, 6.45) is 0. The molecule has 0 aliphatic heterocycles. The first-order valence-corrected chi connectivity index (χ1v) is 5.48. The lowest BCUT2D eigenvalue weighted by atomic mass is 9.92. The molecule has 1 aromatic rings. The largest absolute Gasteiger partial charge is 0.480 e. The summed E-state index contributed by atoms with van der Waals surface area (Å²) in [6.45, 7) is 2.93. The second-order valence-electron chi connectivity index (χ2n) is 4.20. The maximum atomic E-state index is 11.7. The van der Waals surface area contributed by atoms with E-state index in [4.69, 9.17) is 16.7 Å². The molecular formula is C12H14ClNO3. The molecule has 1 rings (SSSR count). The number of carbonyl (C=O) groups excluding carboxylic acids is 1. The SMILES string of the molecule is CC(C)(C(=O)O)C(=O)NCc1ccccc1Cl. The number of amides is 1. The van der Waals surface area contributed by atoms with Crippen molar-refractivity contribution in [2.24, 2.45) is 5.41 Å². The Labute approximate surface area is 105 Å². The van der Waals surface area contributed by atoms with E-state index in [1.165, 1.54) is 13.8 Å². The topological polar surface area (TPSA) is 66.4 Å². The summed E-state index contributed by atoms with van der Waals surface area (Å²) in [5.41, 5.74) is -0.690. The van der Waals surface area contributed by atoms with E-state index in [1.54, 1.807) is 24.3 Å². The van der Waals surface area contributed by atoms with Crippen LogP contribution in [0.15, 0.2) is 24.3 Å². The van der Waals surface area contributed by atoms with Gasteiger partial charge in [0.2, 0.25) is 5.91 Å². The third-order valence-electron chi connectivity index (χ3n) is 2.50. The van der Waals surface area contributed by atoms with Crippen molar-refractivity contribution < 1.29 is 14.7 Å². The van der Waals surface area contributed by atoms with E-state index in [0.717, 1.165) is 5.56 Å². The smallest absolute Gasteiger partial charge is 0.318 e. The molecule has 0 heterocycles. The summed E-state index contributed by atoms with van der Waals surface area (Å²) >= 11 is 5.92. The summed E-state index contributed by atoms with van der Waals surface area (Å²) in [5, 5.41) is 12.0. The molecule has 1 amide bonds. The van der Waals surface area contributed by atoms with Crippen molar-refractivity contribution in [1.29, 1.82) is 0 Å². The molecule has 0 atom stereocenters. The molecule has 4 nitrogen and oxygen atoms in total. The van der Waals surface area contributed by atoms with Crippen molar-refractivity contribution in [2.75, 3.05) is 0 Å². The highest BCUT2D eigenvalue weighted by molar-refractivity contribution is 6.31. The lowest BCUT2D eigenvalue weighted by Crippen LogP contribution is -2.42. The van der Waals surface area contributed by atoms with Gasteiger partial charge in [-0.05, 0) is 25.5 Å². The van der Waals surface area contributed by atoms with Crippen LogP contribution >= 0.6 is 11.6 Å².